The molecule has 14 heavy (non-hydrogen) atoms. The van der Waals surface area contributed by atoms with E-state index >= 15 is 0 Å². The molecule has 82 valence electrons. The molecule has 2 unspecified atom stereocenters. The van der Waals surface area contributed by atoms with Crippen molar-refractivity contribution in [3.63, 3.8) is 0 Å². The van der Waals surface area contributed by atoms with Gasteiger partial charge in [-0.3, -0.25) is 4.79 Å². The van der Waals surface area contributed by atoms with Crippen LogP contribution in [0.1, 0.15) is 13.3 Å². The number of hydrogen-bond donors (Lipinski definition) is 2. The summed E-state index contributed by atoms with van der Waals surface area (Å²) < 4.78 is 37.2. The van der Waals surface area contributed by atoms with Crippen LogP contribution in [0.4, 0.5) is 8.78 Å². The quantitative estimate of drug-likeness (QED) is 0.515. The first-order valence-electron chi connectivity index (χ1n) is 4.00. The van der Waals surface area contributed by atoms with Crippen LogP contribution in [0, 0.1) is 5.92 Å². The highest BCUT2D eigenvalue weighted by Gasteiger charge is 2.60. The molecule has 0 radical (unpaired) electrons. The van der Waals surface area contributed by atoms with Gasteiger partial charge in [-0.1, -0.05) is 6.92 Å². The van der Waals surface area contributed by atoms with E-state index in [0.717, 1.165) is 0 Å². The predicted octanol–water partition coefficient (Wildman–Crippen LogP) is -0.214. The fourth-order valence-corrected chi connectivity index (χ4v) is 1.62. The topological polar surface area (TPSA) is 72.2 Å². The number of rotatable bonds is 3. The lowest BCUT2D eigenvalue weighted by atomic mass is 10.2. The number of carbonyl (C=O) groups excluding carboxylic acids is 1. The van der Waals surface area contributed by atoms with E-state index in [9.17, 15) is 17.8 Å². The van der Waals surface area contributed by atoms with Crippen LogP contribution in [-0.4, -0.2) is 23.2 Å². The Hall–Kier alpha value is -0.690. The molecule has 0 spiro atoms. The first-order chi connectivity index (χ1) is 6.41. The monoisotopic (exact) mass is 225 g/mol. The van der Waals surface area contributed by atoms with E-state index in [1.807, 2.05) is 4.72 Å². The third-order valence-corrected chi connectivity index (χ3v) is 3.01. The first-order valence-corrected chi connectivity index (χ1v) is 5.21. The highest BCUT2D eigenvalue weighted by molar-refractivity contribution is 7.82. The molecule has 7 heteroatoms. The van der Waals surface area contributed by atoms with Crippen LogP contribution >= 0.6 is 0 Å². The molecule has 1 saturated carbocycles. The van der Waals surface area contributed by atoms with Crippen molar-refractivity contribution < 1.29 is 17.8 Å². The second kappa shape index (κ2) is 3.82. The molecule has 0 bridgehead atoms. The van der Waals surface area contributed by atoms with Gasteiger partial charge in [-0.2, -0.15) is 15.9 Å². The molecule has 4 nitrogen and oxygen atoms in total. The minimum Gasteiger partial charge on any atom is -0.442 e. The Morgan fingerprint density at radius 3 is 2.71 bits per heavy atom. The summed E-state index contributed by atoms with van der Waals surface area (Å²) in [6.45, 7) is 1.48. The van der Waals surface area contributed by atoms with Gasteiger partial charge in [0.15, 0.2) is 0 Å². The Bertz CT molecular complexity index is 328. The molecule has 1 amide bonds. The van der Waals surface area contributed by atoms with Crippen LogP contribution in [-0.2, 0) is 19.6 Å². The Balaban J connectivity index is 2.60. The van der Waals surface area contributed by atoms with Crippen molar-refractivity contribution >= 4 is 21.8 Å². The number of alkyl halides is 2. The van der Waals surface area contributed by atoms with E-state index in [-0.39, 0.29) is 6.42 Å². The average Bonchev–Trinajstić information content (AvgIpc) is 2.79. The summed E-state index contributed by atoms with van der Waals surface area (Å²) in [4.78, 5) is 11.2. The second-order valence-electron chi connectivity index (χ2n) is 3.15. The fourth-order valence-electron chi connectivity index (χ4n) is 1.13. The van der Waals surface area contributed by atoms with Crippen molar-refractivity contribution in [2.75, 3.05) is 0 Å². The molecular weight excluding hydrogens is 214 g/mol. The van der Waals surface area contributed by atoms with E-state index in [1.165, 1.54) is 12.3 Å². The van der Waals surface area contributed by atoms with E-state index in [4.69, 9.17) is 5.73 Å². The minimum atomic E-state index is -2.61. The highest BCUT2D eigenvalue weighted by Crippen LogP contribution is 2.45. The smallest absolute Gasteiger partial charge is 0.243 e. The van der Waals surface area contributed by atoms with Crippen molar-refractivity contribution in [2.45, 2.75) is 25.3 Å². The van der Waals surface area contributed by atoms with Crippen molar-refractivity contribution in [3.8, 4) is 0 Å². The van der Waals surface area contributed by atoms with Gasteiger partial charge in [0.05, 0.1) is 0 Å². The van der Waals surface area contributed by atoms with Crippen molar-refractivity contribution in [1.29, 1.82) is 0 Å². The van der Waals surface area contributed by atoms with Crippen LogP contribution in [0.5, 0.6) is 0 Å². The summed E-state index contributed by atoms with van der Waals surface area (Å²) in [7, 11) is -1.64. The number of halogens is 2. The van der Waals surface area contributed by atoms with Crippen LogP contribution < -0.4 is 10.5 Å². The van der Waals surface area contributed by atoms with E-state index in [2.05, 4.69) is 0 Å². The molecule has 1 fully saturated rings. The van der Waals surface area contributed by atoms with E-state index < -0.39 is 34.4 Å². The maximum absolute atomic E-state index is 12.2. The molecular formula is C7H11F2N2O2S-. The molecule has 0 aliphatic heterocycles. The standard InChI is InChI=1S/C7H11F2N2O2S/c1-2-14(13)11-6(12)7(10)3-4(7)5(8)9/h2,4-5H,3,10H2,1H3,(H,11,12,13)/q-1. The Morgan fingerprint density at radius 2 is 2.36 bits per heavy atom. The molecule has 0 aromatic carbocycles. The largest absolute Gasteiger partial charge is 0.442 e. The van der Waals surface area contributed by atoms with Gasteiger partial charge in [-0.05, 0) is 6.42 Å². The average molecular weight is 225 g/mol. The summed E-state index contributed by atoms with van der Waals surface area (Å²) in [5.41, 5.74) is 3.86. The lowest BCUT2D eigenvalue weighted by molar-refractivity contribution is -0.122. The predicted molar refractivity (Wildman–Crippen MR) is 49.0 cm³/mol. The number of carbonyl (C=O) groups is 1. The van der Waals surface area contributed by atoms with E-state index in [1.54, 1.807) is 0 Å². The zero-order valence-electron chi connectivity index (χ0n) is 7.50. The van der Waals surface area contributed by atoms with Gasteiger partial charge in [0.2, 0.25) is 12.3 Å². The molecule has 3 N–H and O–H groups in total. The minimum absolute atomic E-state index is 0.0581. The van der Waals surface area contributed by atoms with Gasteiger partial charge >= 0.3 is 0 Å². The molecule has 0 saturated heterocycles. The zero-order chi connectivity index (χ0) is 10.9. The van der Waals surface area contributed by atoms with Gasteiger partial charge in [-0.15, -0.1) is 0 Å². The zero-order valence-corrected chi connectivity index (χ0v) is 8.31. The lowest BCUT2D eigenvalue weighted by Crippen LogP contribution is -2.44. The fraction of sp³-hybridized carbons (Fsp3) is 0.714. The van der Waals surface area contributed by atoms with Crippen molar-refractivity contribution in [2.24, 2.45) is 11.7 Å². The molecule has 2 atom stereocenters. The molecule has 0 aromatic heterocycles. The number of nitrogens with one attached hydrogen (secondary N) is 1. The molecule has 1 rings (SSSR count). The van der Waals surface area contributed by atoms with Crippen molar-refractivity contribution in [3.05, 3.63) is 0 Å². The Morgan fingerprint density at radius 1 is 1.79 bits per heavy atom. The lowest BCUT2D eigenvalue weighted by Gasteiger charge is -2.14. The maximum atomic E-state index is 12.2. The Labute approximate surface area is 82.0 Å². The SMILES string of the molecule is CC=[S-](=O)NC(=O)C1(N)CC1C(F)F. The van der Waals surface area contributed by atoms with E-state index in [0.29, 0.717) is 0 Å². The van der Waals surface area contributed by atoms with Crippen molar-refractivity contribution in [1.82, 2.24) is 4.72 Å². The highest BCUT2D eigenvalue weighted by atomic mass is 32.2. The maximum Gasteiger partial charge on any atom is 0.243 e. The molecule has 0 heterocycles. The third kappa shape index (κ3) is 2.03. The summed E-state index contributed by atoms with van der Waals surface area (Å²) in [6.07, 6.45) is -2.66. The van der Waals surface area contributed by atoms with Gasteiger partial charge in [0.1, 0.15) is 5.54 Å². The number of amides is 1. The summed E-state index contributed by atoms with van der Waals surface area (Å²) in [6, 6.07) is 0. The Kier molecular flexibility index (Phi) is 3.10. The summed E-state index contributed by atoms with van der Waals surface area (Å²) >= 11 is 0. The number of hydrogen-bond acceptors (Lipinski definition) is 4. The molecule has 0 aromatic rings. The third-order valence-electron chi connectivity index (χ3n) is 2.19. The van der Waals surface area contributed by atoms with Gasteiger partial charge in [0, 0.05) is 5.92 Å². The van der Waals surface area contributed by atoms with Gasteiger partial charge in [-0.25, -0.2) is 8.78 Å². The molecule has 1 aliphatic carbocycles. The van der Waals surface area contributed by atoms with Crippen LogP contribution in [0.3, 0.4) is 0 Å². The normalized spacial score (nSPS) is 33.1. The second-order valence-corrected chi connectivity index (χ2v) is 4.42. The summed E-state index contributed by atoms with van der Waals surface area (Å²) in [5.74, 6) is -1.89. The van der Waals surface area contributed by atoms with Gasteiger partial charge in [0.25, 0.3) is 0 Å². The summed E-state index contributed by atoms with van der Waals surface area (Å²) in [5, 5.41) is 1.24. The first kappa shape index (κ1) is 11.4. The van der Waals surface area contributed by atoms with Crippen LogP contribution in [0.15, 0.2) is 0 Å². The van der Waals surface area contributed by atoms with Gasteiger partial charge < -0.3 is 14.7 Å². The number of nitrogens with two attached hydrogens (primary N) is 1. The van der Waals surface area contributed by atoms with Crippen LogP contribution in [0.2, 0.25) is 0 Å². The molecule has 1 aliphatic rings. The van der Waals surface area contributed by atoms with Crippen LogP contribution in [0.25, 0.3) is 0 Å².